The maximum absolute atomic E-state index is 13.7. The highest BCUT2D eigenvalue weighted by molar-refractivity contribution is 7.80. The van der Waals surface area contributed by atoms with Crippen LogP contribution in [0.5, 0.6) is 5.75 Å². The van der Waals surface area contributed by atoms with Crippen molar-refractivity contribution in [3.8, 4) is 5.75 Å². The maximum Gasteiger partial charge on any atom is 0.259 e. The highest BCUT2D eigenvalue weighted by atomic mass is 32.1. The number of phenols is 1. The van der Waals surface area contributed by atoms with Crippen molar-refractivity contribution in [2.75, 3.05) is 5.32 Å². The second kappa shape index (κ2) is 5.88. The van der Waals surface area contributed by atoms with Crippen LogP contribution in [0.3, 0.4) is 0 Å². The van der Waals surface area contributed by atoms with Gasteiger partial charge in [-0.05, 0) is 31.2 Å². The summed E-state index contributed by atoms with van der Waals surface area (Å²) in [6, 6.07) is 8.75. The minimum atomic E-state index is -0.617. The molecule has 2 aromatic carbocycles. The van der Waals surface area contributed by atoms with Crippen LogP contribution in [0.2, 0.25) is 0 Å². The van der Waals surface area contributed by atoms with Crippen molar-refractivity contribution < 1.29 is 14.3 Å². The number of anilines is 1. The van der Waals surface area contributed by atoms with Crippen LogP contribution in [-0.4, -0.2) is 16.0 Å². The summed E-state index contributed by atoms with van der Waals surface area (Å²) < 4.78 is 13.7. The normalized spacial score (nSPS) is 10.2. The van der Waals surface area contributed by atoms with Crippen LogP contribution in [0.4, 0.5) is 10.1 Å². The molecule has 2 rings (SSSR count). The molecule has 0 spiro atoms. The number of rotatable bonds is 3. The summed E-state index contributed by atoms with van der Waals surface area (Å²) in [6.45, 7) is 1.79. The van der Waals surface area contributed by atoms with E-state index in [0.29, 0.717) is 0 Å². The van der Waals surface area contributed by atoms with Gasteiger partial charge in [-0.25, -0.2) is 4.39 Å². The molecule has 0 aliphatic rings. The third-order valence-electron chi connectivity index (χ3n) is 2.90. The van der Waals surface area contributed by atoms with Crippen LogP contribution in [0.15, 0.2) is 36.4 Å². The molecule has 1 amide bonds. The van der Waals surface area contributed by atoms with Crippen molar-refractivity contribution in [1.82, 2.24) is 0 Å². The lowest BCUT2D eigenvalue weighted by atomic mass is 10.1. The lowest BCUT2D eigenvalue weighted by Gasteiger charge is -2.12. The predicted molar refractivity (Wildman–Crippen MR) is 83.1 cm³/mol. The summed E-state index contributed by atoms with van der Waals surface area (Å²) in [5, 5.41) is 12.2. The zero-order valence-electron chi connectivity index (χ0n) is 11.2. The van der Waals surface area contributed by atoms with Crippen molar-refractivity contribution in [3.05, 3.63) is 58.9 Å². The summed E-state index contributed by atoms with van der Waals surface area (Å²) in [5.74, 6) is -1.35. The Bertz CT molecular complexity index is 732. The maximum atomic E-state index is 13.7. The van der Waals surface area contributed by atoms with E-state index in [9.17, 15) is 14.3 Å². The molecule has 21 heavy (non-hydrogen) atoms. The van der Waals surface area contributed by atoms with E-state index in [1.165, 1.54) is 30.3 Å². The number of carbonyl (C=O) groups is 1. The molecule has 0 heterocycles. The Morgan fingerprint density at radius 3 is 2.71 bits per heavy atom. The third kappa shape index (κ3) is 3.17. The Morgan fingerprint density at radius 1 is 1.33 bits per heavy atom. The molecule has 0 unspecified atom stereocenters. The highest BCUT2D eigenvalue weighted by Gasteiger charge is 2.16. The van der Waals surface area contributed by atoms with Gasteiger partial charge in [-0.2, -0.15) is 0 Å². The van der Waals surface area contributed by atoms with Gasteiger partial charge in [0.2, 0.25) is 0 Å². The van der Waals surface area contributed by atoms with Gasteiger partial charge in [-0.3, -0.25) is 4.79 Å². The van der Waals surface area contributed by atoms with Crippen molar-refractivity contribution in [2.45, 2.75) is 6.92 Å². The van der Waals surface area contributed by atoms with E-state index in [1.807, 2.05) is 0 Å². The van der Waals surface area contributed by atoms with Crippen LogP contribution >= 0.6 is 12.2 Å². The van der Waals surface area contributed by atoms with E-state index in [-0.39, 0.29) is 27.6 Å². The van der Waals surface area contributed by atoms with Crippen LogP contribution in [-0.2, 0) is 0 Å². The van der Waals surface area contributed by atoms with E-state index in [0.717, 1.165) is 5.56 Å². The number of phenolic OH excluding ortho intramolecular Hbond substituents is 1. The summed E-state index contributed by atoms with van der Waals surface area (Å²) in [6.07, 6.45) is 0. The Kier molecular flexibility index (Phi) is 4.18. The zero-order chi connectivity index (χ0) is 15.6. The number of benzene rings is 2. The van der Waals surface area contributed by atoms with Crippen molar-refractivity contribution in [1.29, 1.82) is 0 Å². The average molecular weight is 304 g/mol. The molecule has 0 atom stereocenters. The van der Waals surface area contributed by atoms with Gasteiger partial charge in [0, 0.05) is 0 Å². The molecule has 108 valence electrons. The first kappa shape index (κ1) is 14.9. The zero-order valence-corrected chi connectivity index (χ0v) is 12.0. The molecule has 6 heteroatoms. The van der Waals surface area contributed by atoms with E-state index in [2.05, 4.69) is 5.32 Å². The molecular formula is C15H13FN2O2S. The van der Waals surface area contributed by atoms with Crippen LogP contribution in [0, 0.1) is 12.7 Å². The first-order chi connectivity index (χ1) is 9.90. The van der Waals surface area contributed by atoms with E-state index < -0.39 is 11.7 Å². The van der Waals surface area contributed by atoms with Crippen LogP contribution < -0.4 is 11.1 Å². The fraction of sp³-hybridized carbons (Fsp3) is 0.0667. The van der Waals surface area contributed by atoms with Gasteiger partial charge >= 0.3 is 0 Å². The van der Waals surface area contributed by atoms with E-state index in [1.54, 1.807) is 13.0 Å². The Hall–Kier alpha value is -2.47. The summed E-state index contributed by atoms with van der Waals surface area (Å²) >= 11 is 4.79. The van der Waals surface area contributed by atoms with Crippen LogP contribution in [0.1, 0.15) is 21.5 Å². The fourth-order valence-electron chi connectivity index (χ4n) is 1.90. The lowest BCUT2D eigenvalue weighted by Crippen LogP contribution is -2.19. The Labute approximate surface area is 126 Å². The number of carbonyl (C=O) groups excluding carboxylic acids is 1. The SMILES string of the molecule is Cc1ccc(O)c(C(=O)Nc2cccc(F)c2C(N)=S)c1. The smallest absolute Gasteiger partial charge is 0.259 e. The predicted octanol–water partition coefficient (Wildman–Crippen LogP) is 2.73. The van der Waals surface area contributed by atoms with Gasteiger partial charge < -0.3 is 16.2 Å². The largest absolute Gasteiger partial charge is 0.507 e. The summed E-state index contributed by atoms with van der Waals surface area (Å²) in [5.41, 5.74) is 6.50. The Balaban J connectivity index is 2.39. The summed E-state index contributed by atoms with van der Waals surface area (Å²) in [7, 11) is 0. The summed E-state index contributed by atoms with van der Waals surface area (Å²) in [4.78, 5) is 12.0. The number of thiocarbonyl (C=S) groups is 1. The minimum absolute atomic E-state index is 0.0343. The molecule has 0 radical (unpaired) electrons. The number of aryl methyl sites for hydroxylation is 1. The number of nitrogens with two attached hydrogens (primary N) is 1. The molecule has 0 aliphatic heterocycles. The van der Waals surface area contributed by atoms with Crippen molar-refractivity contribution in [3.63, 3.8) is 0 Å². The number of hydrogen-bond donors (Lipinski definition) is 3. The molecule has 4 nitrogen and oxygen atoms in total. The molecule has 0 fully saturated rings. The average Bonchev–Trinajstić information content (AvgIpc) is 2.41. The fourth-order valence-corrected chi connectivity index (χ4v) is 2.11. The number of amides is 1. The molecular weight excluding hydrogens is 291 g/mol. The van der Waals surface area contributed by atoms with Gasteiger partial charge in [0.25, 0.3) is 5.91 Å². The second-order valence-corrected chi connectivity index (χ2v) is 4.94. The number of nitrogens with one attached hydrogen (secondary N) is 1. The number of hydrogen-bond acceptors (Lipinski definition) is 3. The van der Waals surface area contributed by atoms with Gasteiger partial charge in [0.1, 0.15) is 16.6 Å². The van der Waals surface area contributed by atoms with E-state index in [4.69, 9.17) is 18.0 Å². The first-order valence-electron chi connectivity index (χ1n) is 6.09. The quantitative estimate of drug-likeness (QED) is 0.762. The molecule has 0 saturated carbocycles. The van der Waals surface area contributed by atoms with Crippen molar-refractivity contribution in [2.24, 2.45) is 5.73 Å². The monoisotopic (exact) mass is 304 g/mol. The van der Waals surface area contributed by atoms with Crippen LogP contribution in [0.25, 0.3) is 0 Å². The molecule has 4 N–H and O–H groups in total. The standard InChI is InChI=1S/C15H13FN2O2S/c1-8-5-6-12(19)9(7-8)15(20)18-11-4-2-3-10(16)13(11)14(17)21/h2-7,19H,1H3,(H2,17,21)(H,18,20). The Morgan fingerprint density at radius 2 is 2.05 bits per heavy atom. The minimum Gasteiger partial charge on any atom is -0.507 e. The van der Waals surface area contributed by atoms with E-state index >= 15 is 0 Å². The van der Waals surface area contributed by atoms with Crippen molar-refractivity contribution >= 4 is 28.8 Å². The second-order valence-electron chi connectivity index (χ2n) is 4.50. The number of aromatic hydroxyl groups is 1. The highest BCUT2D eigenvalue weighted by Crippen LogP contribution is 2.23. The van der Waals surface area contributed by atoms with Gasteiger partial charge in [-0.1, -0.05) is 29.9 Å². The number of halogens is 1. The molecule has 0 aliphatic carbocycles. The van der Waals surface area contributed by atoms with Gasteiger partial charge in [0.05, 0.1) is 16.8 Å². The topological polar surface area (TPSA) is 75.3 Å². The molecule has 0 aromatic heterocycles. The van der Waals surface area contributed by atoms with Gasteiger partial charge in [-0.15, -0.1) is 0 Å². The third-order valence-corrected chi connectivity index (χ3v) is 3.11. The molecule has 0 saturated heterocycles. The molecule has 0 bridgehead atoms. The van der Waals surface area contributed by atoms with Gasteiger partial charge in [0.15, 0.2) is 0 Å². The lowest BCUT2D eigenvalue weighted by molar-refractivity contribution is 0.102. The molecule has 2 aromatic rings. The first-order valence-corrected chi connectivity index (χ1v) is 6.50.